The summed E-state index contributed by atoms with van der Waals surface area (Å²) in [5.41, 5.74) is 2.18. The van der Waals surface area contributed by atoms with E-state index in [9.17, 15) is 4.79 Å². The molecule has 0 fully saturated rings. The van der Waals surface area contributed by atoms with E-state index in [2.05, 4.69) is 10.6 Å². The molecule has 26 heavy (non-hydrogen) atoms. The average molecular weight is 358 g/mol. The molecule has 0 saturated carbocycles. The van der Waals surface area contributed by atoms with Gasteiger partial charge in [-0.1, -0.05) is 18.2 Å². The number of carbonyl (C=O) groups is 1. The van der Waals surface area contributed by atoms with Gasteiger partial charge in [0.05, 0.1) is 20.2 Å². The van der Waals surface area contributed by atoms with Gasteiger partial charge in [0.15, 0.2) is 0 Å². The Labute approximate surface area is 154 Å². The molecule has 0 radical (unpaired) electrons. The van der Waals surface area contributed by atoms with Gasteiger partial charge in [-0.15, -0.1) is 0 Å². The Balaban J connectivity index is 1.57. The standard InChI is InChI=1S/C20H26N2O4/c1-15-5-4-6-16(2)19(15)26-14-12-22-20(23)21-11-13-25-18-9-7-17(24-3)8-10-18/h4-10H,11-14H2,1-3H3,(H2,21,22,23). The van der Waals surface area contributed by atoms with Gasteiger partial charge in [-0.25, -0.2) is 4.79 Å². The van der Waals surface area contributed by atoms with Crippen LogP contribution < -0.4 is 24.8 Å². The lowest BCUT2D eigenvalue weighted by atomic mass is 10.1. The summed E-state index contributed by atoms with van der Waals surface area (Å²) in [5, 5.41) is 5.50. The summed E-state index contributed by atoms with van der Waals surface area (Å²) in [6.07, 6.45) is 0. The van der Waals surface area contributed by atoms with Crippen molar-refractivity contribution < 1.29 is 19.0 Å². The van der Waals surface area contributed by atoms with Crippen molar-refractivity contribution in [1.29, 1.82) is 0 Å². The summed E-state index contributed by atoms with van der Waals surface area (Å²) in [6.45, 7) is 5.66. The molecule has 6 heteroatoms. The van der Waals surface area contributed by atoms with Crippen molar-refractivity contribution in [3.63, 3.8) is 0 Å². The number of rotatable bonds is 9. The molecule has 0 bridgehead atoms. The third-order valence-corrected chi connectivity index (χ3v) is 3.76. The fourth-order valence-corrected chi connectivity index (χ4v) is 2.41. The first kappa shape index (κ1) is 19.4. The third-order valence-electron chi connectivity index (χ3n) is 3.76. The van der Waals surface area contributed by atoms with Gasteiger partial charge in [0.2, 0.25) is 0 Å². The first-order chi connectivity index (χ1) is 12.6. The topological polar surface area (TPSA) is 68.8 Å². The lowest BCUT2D eigenvalue weighted by Crippen LogP contribution is -2.39. The van der Waals surface area contributed by atoms with E-state index in [4.69, 9.17) is 14.2 Å². The SMILES string of the molecule is COc1ccc(OCCNC(=O)NCCOc2c(C)cccc2C)cc1. The normalized spacial score (nSPS) is 10.1. The molecule has 2 aromatic carbocycles. The molecule has 0 heterocycles. The van der Waals surface area contributed by atoms with E-state index in [0.717, 1.165) is 28.4 Å². The van der Waals surface area contributed by atoms with Crippen LogP contribution in [-0.4, -0.2) is 39.4 Å². The van der Waals surface area contributed by atoms with E-state index < -0.39 is 0 Å². The van der Waals surface area contributed by atoms with Crippen molar-refractivity contribution in [3.05, 3.63) is 53.6 Å². The predicted octanol–water partition coefficient (Wildman–Crippen LogP) is 3.07. The molecular formula is C20H26N2O4. The number of para-hydroxylation sites is 1. The number of carbonyl (C=O) groups excluding carboxylic acids is 1. The van der Waals surface area contributed by atoms with Crippen LogP contribution >= 0.6 is 0 Å². The van der Waals surface area contributed by atoms with Crippen LogP contribution in [0.4, 0.5) is 4.79 Å². The summed E-state index contributed by atoms with van der Waals surface area (Å²) in [7, 11) is 1.62. The Morgan fingerprint density at radius 3 is 1.96 bits per heavy atom. The predicted molar refractivity (Wildman–Crippen MR) is 101 cm³/mol. The summed E-state index contributed by atoms with van der Waals surface area (Å²) in [5.74, 6) is 2.38. The van der Waals surface area contributed by atoms with Gasteiger partial charge in [0, 0.05) is 0 Å². The van der Waals surface area contributed by atoms with Crippen molar-refractivity contribution in [1.82, 2.24) is 10.6 Å². The largest absolute Gasteiger partial charge is 0.497 e. The first-order valence-electron chi connectivity index (χ1n) is 8.57. The van der Waals surface area contributed by atoms with E-state index in [0.29, 0.717) is 26.3 Å². The highest BCUT2D eigenvalue weighted by Gasteiger charge is 2.04. The van der Waals surface area contributed by atoms with E-state index in [1.165, 1.54) is 0 Å². The molecule has 0 aliphatic carbocycles. The quantitative estimate of drug-likeness (QED) is 0.676. The van der Waals surface area contributed by atoms with Crippen molar-refractivity contribution >= 4 is 6.03 Å². The second-order valence-electron chi connectivity index (χ2n) is 5.78. The molecule has 2 amide bonds. The number of methoxy groups -OCH3 is 1. The van der Waals surface area contributed by atoms with Crippen LogP contribution in [0.1, 0.15) is 11.1 Å². The van der Waals surface area contributed by atoms with E-state index in [-0.39, 0.29) is 6.03 Å². The molecule has 0 atom stereocenters. The lowest BCUT2D eigenvalue weighted by Gasteiger charge is -2.13. The van der Waals surface area contributed by atoms with Gasteiger partial charge in [0.25, 0.3) is 0 Å². The number of amides is 2. The van der Waals surface area contributed by atoms with E-state index in [1.807, 2.05) is 56.3 Å². The Morgan fingerprint density at radius 1 is 0.846 bits per heavy atom. The van der Waals surface area contributed by atoms with Crippen LogP contribution in [0.25, 0.3) is 0 Å². The van der Waals surface area contributed by atoms with Crippen LogP contribution in [0.3, 0.4) is 0 Å². The Hall–Kier alpha value is -2.89. The highest BCUT2D eigenvalue weighted by atomic mass is 16.5. The molecule has 0 aromatic heterocycles. The minimum absolute atomic E-state index is 0.242. The molecule has 6 nitrogen and oxygen atoms in total. The maximum Gasteiger partial charge on any atom is 0.315 e. The number of nitrogens with one attached hydrogen (secondary N) is 2. The minimum atomic E-state index is -0.242. The maximum absolute atomic E-state index is 11.7. The highest BCUT2D eigenvalue weighted by molar-refractivity contribution is 5.73. The zero-order valence-corrected chi connectivity index (χ0v) is 15.5. The molecule has 2 N–H and O–H groups in total. The van der Waals surface area contributed by atoms with Crippen molar-refractivity contribution in [2.75, 3.05) is 33.4 Å². The van der Waals surface area contributed by atoms with Crippen molar-refractivity contribution in [3.8, 4) is 17.2 Å². The number of hydrogen-bond donors (Lipinski definition) is 2. The third kappa shape index (κ3) is 6.20. The van der Waals surface area contributed by atoms with Crippen molar-refractivity contribution in [2.45, 2.75) is 13.8 Å². The smallest absolute Gasteiger partial charge is 0.315 e. The summed E-state index contributed by atoms with van der Waals surface area (Å²) >= 11 is 0. The van der Waals surface area contributed by atoms with Gasteiger partial charge >= 0.3 is 6.03 Å². The average Bonchev–Trinajstić information content (AvgIpc) is 2.64. The van der Waals surface area contributed by atoms with Gasteiger partial charge in [0.1, 0.15) is 30.5 Å². The van der Waals surface area contributed by atoms with Crippen LogP contribution in [0.15, 0.2) is 42.5 Å². The molecule has 2 rings (SSSR count). The number of benzene rings is 2. The van der Waals surface area contributed by atoms with Gasteiger partial charge < -0.3 is 24.8 Å². The molecule has 0 unspecified atom stereocenters. The number of aryl methyl sites for hydroxylation is 2. The van der Waals surface area contributed by atoms with Gasteiger partial charge in [-0.05, 0) is 49.2 Å². The van der Waals surface area contributed by atoms with Crippen LogP contribution in [-0.2, 0) is 0 Å². The summed E-state index contributed by atoms with van der Waals surface area (Å²) in [6, 6.07) is 13.1. The zero-order chi connectivity index (χ0) is 18.8. The van der Waals surface area contributed by atoms with Crippen LogP contribution in [0.5, 0.6) is 17.2 Å². The van der Waals surface area contributed by atoms with Crippen molar-refractivity contribution in [2.24, 2.45) is 0 Å². The van der Waals surface area contributed by atoms with E-state index >= 15 is 0 Å². The Bertz CT molecular complexity index is 681. The minimum Gasteiger partial charge on any atom is -0.497 e. The van der Waals surface area contributed by atoms with Gasteiger partial charge in [-0.3, -0.25) is 0 Å². The molecule has 0 spiro atoms. The summed E-state index contributed by atoms with van der Waals surface area (Å²) < 4.78 is 16.4. The molecule has 0 aliphatic rings. The first-order valence-corrected chi connectivity index (χ1v) is 8.57. The maximum atomic E-state index is 11.7. The van der Waals surface area contributed by atoms with Crippen LogP contribution in [0.2, 0.25) is 0 Å². The van der Waals surface area contributed by atoms with Crippen LogP contribution in [0, 0.1) is 13.8 Å². The second kappa shape index (κ2) is 10.2. The Morgan fingerprint density at radius 2 is 1.38 bits per heavy atom. The molecule has 0 aliphatic heterocycles. The molecular weight excluding hydrogens is 332 g/mol. The number of hydrogen-bond acceptors (Lipinski definition) is 4. The van der Waals surface area contributed by atoms with Gasteiger partial charge in [-0.2, -0.15) is 0 Å². The number of urea groups is 1. The van der Waals surface area contributed by atoms with E-state index in [1.54, 1.807) is 7.11 Å². The fourth-order valence-electron chi connectivity index (χ4n) is 2.41. The fraction of sp³-hybridized carbons (Fsp3) is 0.350. The molecule has 140 valence electrons. The summed E-state index contributed by atoms with van der Waals surface area (Å²) in [4.78, 5) is 11.7. The monoisotopic (exact) mass is 358 g/mol. The second-order valence-corrected chi connectivity index (χ2v) is 5.78. The zero-order valence-electron chi connectivity index (χ0n) is 15.5. The molecule has 2 aromatic rings. The highest BCUT2D eigenvalue weighted by Crippen LogP contribution is 2.21. The lowest BCUT2D eigenvalue weighted by molar-refractivity contribution is 0.232. The molecule has 0 saturated heterocycles. The number of ether oxygens (including phenoxy) is 3. The Kier molecular flexibility index (Phi) is 7.61.